The first-order valence-electron chi connectivity index (χ1n) is 7.16. The third-order valence-corrected chi connectivity index (χ3v) is 5.46. The van der Waals surface area contributed by atoms with Gasteiger partial charge in [0.2, 0.25) is 0 Å². The maximum absolute atomic E-state index is 3.56. The lowest BCUT2D eigenvalue weighted by Gasteiger charge is -2.33. The SMILES string of the molecule is Cc1cc(Br)ccc1N1c2ccccc2Sc2ccccc21. The van der Waals surface area contributed by atoms with E-state index in [4.69, 9.17) is 0 Å². The number of nitrogens with zero attached hydrogens (tertiary/aromatic N) is 1. The highest BCUT2D eigenvalue weighted by molar-refractivity contribution is 9.10. The van der Waals surface area contributed by atoms with E-state index < -0.39 is 0 Å². The molecule has 0 saturated heterocycles. The number of aryl methyl sites for hydroxylation is 1. The van der Waals surface area contributed by atoms with Crippen molar-refractivity contribution in [3.63, 3.8) is 0 Å². The van der Waals surface area contributed by atoms with E-state index in [2.05, 4.69) is 94.5 Å². The first-order valence-corrected chi connectivity index (χ1v) is 8.77. The molecule has 0 N–H and O–H groups in total. The second kappa shape index (κ2) is 5.49. The quantitative estimate of drug-likeness (QED) is 0.368. The number of rotatable bonds is 1. The van der Waals surface area contributed by atoms with E-state index in [1.807, 2.05) is 11.8 Å². The summed E-state index contributed by atoms with van der Waals surface area (Å²) < 4.78 is 1.11. The Balaban J connectivity index is 1.98. The van der Waals surface area contributed by atoms with Gasteiger partial charge in [-0.3, -0.25) is 0 Å². The van der Waals surface area contributed by atoms with Crippen LogP contribution in [0, 0.1) is 6.92 Å². The predicted molar refractivity (Wildman–Crippen MR) is 97.7 cm³/mol. The third-order valence-electron chi connectivity index (χ3n) is 3.83. The van der Waals surface area contributed by atoms with Gasteiger partial charge in [0.1, 0.15) is 0 Å². The fourth-order valence-corrected chi connectivity index (χ4v) is 4.37. The second-order valence-electron chi connectivity index (χ2n) is 5.30. The molecule has 1 aliphatic rings. The molecule has 0 aliphatic carbocycles. The Labute approximate surface area is 143 Å². The van der Waals surface area contributed by atoms with Crippen molar-refractivity contribution >= 4 is 44.8 Å². The standard InChI is InChI=1S/C19H14BrNS/c1-13-12-14(20)10-11-15(13)21-16-6-2-4-8-18(16)22-19-9-5-3-7-17(19)21/h2-12H,1H3. The molecule has 0 fully saturated rings. The van der Waals surface area contributed by atoms with Gasteiger partial charge in [-0.15, -0.1) is 0 Å². The summed E-state index contributed by atoms with van der Waals surface area (Å²) in [7, 11) is 0. The highest BCUT2D eigenvalue weighted by atomic mass is 79.9. The Morgan fingerprint density at radius 1 is 0.773 bits per heavy atom. The number of anilines is 3. The average Bonchev–Trinajstić information content (AvgIpc) is 2.53. The summed E-state index contributed by atoms with van der Waals surface area (Å²) in [5.41, 5.74) is 4.97. The summed E-state index contributed by atoms with van der Waals surface area (Å²) in [6.45, 7) is 2.16. The molecule has 1 nitrogen and oxygen atoms in total. The van der Waals surface area contributed by atoms with Gasteiger partial charge >= 0.3 is 0 Å². The molecule has 0 spiro atoms. The van der Waals surface area contributed by atoms with Crippen LogP contribution in [0.2, 0.25) is 0 Å². The van der Waals surface area contributed by atoms with Crippen molar-refractivity contribution in [1.29, 1.82) is 0 Å². The molecule has 0 saturated carbocycles. The van der Waals surface area contributed by atoms with E-state index in [1.165, 1.54) is 32.4 Å². The molecule has 0 unspecified atom stereocenters. The number of hydrogen-bond donors (Lipinski definition) is 0. The Hall–Kier alpha value is -1.71. The molecule has 22 heavy (non-hydrogen) atoms. The fraction of sp³-hybridized carbons (Fsp3) is 0.0526. The van der Waals surface area contributed by atoms with E-state index in [0.717, 1.165) is 4.47 Å². The van der Waals surface area contributed by atoms with Gasteiger partial charge < -0.3 is 4.90 Å². The minimum absolute atomic E-state index is 1.11. The van der Waals surface area contributed by atoms with Gasteiger partial charge in [0.15, 0.2) is 0 Å². The molecule has 0 aromatic heterocycles. The Bertz CT molecular complexity index is 814. The molecule has 0 radical (unpaired) electrons. The van der Waals surface area contributed by atoms with E-state index >= 15 is 0 Å². The van der Waals surface area contributed by atoms with Crippen LogP contribution in [0.25, 0.3) is 0 Å². The summed E-state index contributed by atoms with van der Waals surface area (Å²) in [5.74, 6) is 0. The van der Waals surface area contributed by atoms with Crippen molar-refractivity contribution in [2.45, 2.75) is 16.7 Å². The van der Waals surface area contributed by atoms with Crippen LogP contribution in [0.4, 0.5) is 17.1 Å². The molecule has 1 heterocycles. The van der Waals surface area contributed by atoms with Crippen molar-refractivity contribution in [2.24, 2.45) is 0 Å². The monoisotopic (exact) mass is 367 g/mol. The Morgan fingerprint density at radius 3 is 1.95 bits per heavy atom. The maximum Gasteiger partial charge on any atom is 0.0601 e. The summed E-state index contributed by atoms with van der Waals surface area (Å²) in [6.07, 6.45) is 0. The molecule has 0 atom stereocenters. The smallest absolute Gasteiger partial charge is 0.0601 e. The highest BCUT2D eigenvalue weighted by Crippen LogP contribution is 2.51. The van der Waals surface area contributed by atoms with Gasteiger partial charge in [0.05, 0.1) is 11.4 Å². The van der Waals surface area contributed by atoms with Crippen molar-refractivity contribution in [1.82, 2.24) is 0 Å². The Morgan fingerprint density at radius 2 is 1.36 bits per heavy atom. The molecule has 108 valence electrons. The van der Waals surface area contributed by atoms with Crippen molar-refractivity contribution in [3.05, 3.63) is 76.8 Å². The van der Waals surface area contributed by atoms with E-state index in [9.17, 15) is 0 Å². The lowest BCUT2D eigenvalue weighted by Crippen LogP contribution is -2.15. The van der Waals surface area contributed by atoms with Crippen molar-refractivity contribution in [3.8, 4) is 0 Å². The van der Waals surface area contributed by atoms with Crippen molar-refractivity contribution < 1.29 is 0 Å². The summed E-state index contributed by atoms with van der Waals surface area (Å²) >= 11 is 5.40. The predicted octanol–water partition coefficient (Wildman–Crippen LogP) is 6.69. The van der Waals surface area contributed by atoms with Gasteiger partial charge in [0.25, 0.3) is 0 Å². The van der Waals surface area contributed by atoms with E-state index in [0.29, 0.717) is 0 Å². The normalized spacial score (nSPS) is 12.7. The number of hydrogen-bond acceptors (Lipinski definition) is 2. The molecule has 3 aromatic rings. The molecule has 3 aromatic carbocycles. The van der Waals surface area contributed by atoms with Crippen molar-refractivity contribution in [2.75, 3.05) is 4.90 Å². The fourth-order valence-electron chi connectivity index (χ4n) is 2.83. The first kappa shape index (κ1) is 13.9. The van der Waals surface area contributed by atoms with Crippen LogP contribution < -0.4 is 4.90 Å². The maximum atomic E-state index is 3.56. The lowest BCUT2D eigenvalue weighted by molar-refractivity contribution is 1.15. The zero-order valence-electron chi connectivity index (χ0n) is 12.1. The molecular weight excluding hydrogens is 354 g/mol. The number of para-hydroxylation sites is 2. The average molecular weight is 368 g/mol. The van der Waals surface area contributed by atoms with Crippen LogP contribution in [0.1, 0.15) is 5.56 Å². The minimum atomic E-state index is 1.11. The topological polar surface area (TPSA) is 3.24 Å². The number of halogens is 1. The third kappa shape index (κ3) is 2.25. The van der Waals surface area contributed by atoms with Crippen LogP contribution in [0.5, 0.6) is 0 Å². The molecule has 0 amide bonds. The Kier molecular flexibility index (Phi) is 3.47. The van der Waals surface area contributed by atoms with Crippen LogP contribution in [0.3, 0.4) is 0 Å². The van der Waals surface area contributed by atoms with E-state index in [-0.39, 0.29) is 0 Å². The van der Waals surface area contributed by atoms with Crippen LogP contribution in [-0.4, -0.2) is 0 Å². The van der Waals surface area contributed by atoms with Gasteiger partial charge in [-0.1, -0.05) is 52.0 Å². The van der Waals surface area contributed by atoms with E-state index in [1.54, 1.807) is 0 Å². The molecule has 0 bridgehead atoms. The molecule has 1 aliphatic heterocycles. The van der Waals surface area contributed by atoms with Crippen LogP contribution >= 0.6 is 27.7 Å². The summed E-state index contributed by atoms with van der Waals surface area (Å²) in [6, 6.07) is 23.6. The largest absolute Gasteiger partial charge is 0.308 e. The zero-order chi connectivity index (χ0) is 15.1. The molecule has 3 heteroatoms. The van der Waals surface area contributed by atoms with Crippen LogP contribution in [0.15, 0.2) is 81.0 Å². The van der Waals surface area contributed by atoms with Gasteiger partial charge in [-0.05, 0) is 55.0 Å². The van der Waals surface area contributed by atoms with Gasteiger partial charge in [-0.2, -0.15) is 0 Å². The molecule has 4 rings (SSSR count). The number of fused-ring (bicyclic) bond motifs is 2. The highest BCUT2D eigenvalue weighted by Gasteiger charge is 2.24. The number of benzene rings is 3. The summed E-state index contributed by atoms with van der Waals surface area (Å²) in [5, 5.41) is 0. The van der Waals surface area contributed by atoms with Gasteiger partial charge in [-0.25, -0.2) is 0 Å². The first-order chi connectivity index (χ1) is 10.7. The summed E-state index contributed by atoms with van der Waals surface area (Å²) in [4.78, 5) is 4.95. The zero-order valence-corrected chi connectivity index (χ0v) is 14.5. The molecular formula is C19H14BrNS. The minimum Gasteiger partial charge on any atom is -0.308 e. The van der Waals surface area contributed by atoms with Gasteiger partial charge in [0, 0.05) is 20.0 Å². The lowest BCUT2D eigenvalue weighted by atomic mass is 10.1. The second-order valence-corrected chi connectivity index (χ2v) is 7.30. The van der Waals surface area contributed by atoms with Crippen LogP contribution in [-0.2, 0) is 0 Å².